The molecule has 0 aromatic heterocycles. The molecule has 0 aliphatic carbocycles. The van der Waals surface area contributed by atoms with Crippen LogP contribution in [-0.2, 0) is 0 Å². The van der Waals surface area contributed by atoms with Crippen LogP contribution in [0.3, 0.4) is 0 Å². The molecule has 0 radical (unpaired) electrons. The largest absolute Gasteiger partial charge is 0.399 e. The number of hydrogen-bond acceptors (Lipinski definition) is 2. The fraction of sp³-hybridized carbons (Fsp3) is 0.273. The molecule has 0 aliphatic heterocycles. The summed E-state index contributed by atoms with van der Waals surface area (Å²) >= 11 is 1.75. The minimum absolute atomic E-state index is 0.822. The summed E-state index contributed by atoms with van der Waals surface area (Å²) in [5.74, 6) is 0. The summed E-state index contributed by atoms with van der Waals surface area (Å²) in [4.78, 5) is 0. The van der Waals surface area contributed by atoms with Gasteiger partial charge in [-0.05, 0) is 30.2 Å². The van der Waals surface area contributed by atoms with E-state index in [2.05, 4.69) is 24.7 Å². The van der Waals surface area contributed by atoms with E-state index < -0.39 is 0 Å². The Morgan fingerprint density at radius 2 is 1.92 bits per heavy atom. The summed E-state index contributed by atoms with van der Waals surface area (Å²) in [6.07, 6.45) is 5.36. The van der Waals surface area contributed by atoms with Crippen LogP contribution in [0.25, 0.3) is 0 Å². The van der Waals surface area contributed by atoms with Gasteiger partial charge in [0.25, 0.3) is 0 Å². The number of benzene rings is 1. The lowest BCUT2D eigenvalue weighted by atomic mass is 10.3. The molecular formula is C11H17NS. The molecular weight excluding hydrogens is 178 g/mol. The summed E-state index contributed by atoms with van der Waals surface area (Å²) < 4.78 is 0. The van der Waals surface area contributed by atoms with Crippen molar-refractivity contribution in [2.45, 2.75) is 13.3 Å². The first-order chi connectivity index (χ1) is 6.31. The molecule has 0 saturated heterocycles. The van der Waals surface area contributed by atoms with Crippen molar-refractivity contribution in [2.24, 2.45) is 0 Å². The van der Waals surface area contributed by atoms with E-state index >= 15 is 0 Å². The standard InChI is InChI=1S/C6H7N.C5H10S/c7-6-4-2-1-3-5-6;1-3-4-5-6-2/h1-5H,7H2;4-5H,3H2,1-2H3/b;5-4+. The van der Waals surface area contributed by atoms with E-state index in [4.69, 9.17) is 5.73 Å². The number of nitrogens with two attached hydrogens (primary N) is 1. The lowest BCUT2D eigenvalue weighted by molar-refractivity contribution is 1.23. The van der Waals surface area contributed by atoms with Gasteiger partial charge >= 0.3 is 0 Å². The van der Waals surface area contributed by atoms with Crippen molar-refractivity contribution in [1.82, 2.24) is 0 Å². The predicted molar refractivity (Wildman–Crippen MR) is 63.8 cm³/mol. The fourth-order valence-corrected chi connectivity index (χ4v) is 1.03. The second-order valence-electron chi connectivity index (χ2n) is 2.43. The number of anilines is 1. The minimum atomic E-state index is 0.822. The average molecular weight is 195 g/mol. The Bertz CT molecular complexity index is 213. The van der Waals surface area contributed by atoms with Gasteiger partial charge in [-0.3, -0.25) is 0 Å². The number of hydrogen-bond donors (Lipinski definition) is 1. The van der Waals surface area contributed by atoms with Crippen molar-refractivity contribution in [3.05, 3.63) is 41.8 Å². The molecule has 0 spiro atoms. The van der Waals surface area contributed by atoms with E-state index in [9.17, 15) is 0 Å². The number of thioether (sulfide) groups is 1. The van der Waals surface area contributed by atoms with Gasteiger partial charge in [-0.25, -0.2) is 0 Å². The fourth-order valence-electron chi connectivity index (χ4n) is 0.645. The van der Waals surface area contributed by atoms with Crippen molar-refractivity contribution in [3.8, 4) is 0 Å². The van der Waals surface area contributed by atoms with E-state index in [0.29, 0.717) is 0 Å². The lowest BCUT2D eigenvalue weighted by Gasteiger charge is -1.83. The van der Waals surface area contributed by atoms with Crippen LogP contribution >= 0.6 is 11.8 Å². The molecule has 1 aromatic carbocycles. The normalized spacial score (nSPS) is 9.38. The monoisotopic (exact) mass is 195 g/mol. The molecule has 13 heavy (non-hydrogen) atoms. The van der Waals surface area contributed by atoms with Crippen LogP contribution in [0.5, 0.6) is 0 Å². The average Bonchev–Trinajstić information content (AvgIpc) is 2.17. The molecule has 0 atom stereocenters. The first-order valence-corrected chi connectivity index (χ1v) is 5.58. The van der Waals surface area contributed by atoms with Gasteiger partial charge in [-0.15, -0.1) is 11.8 Å². The zero-order chi connectivity index (χ0) is 9.94. The van der Waals surface area contributed by atoms with E-state index in [-0.39, 0.29) is 0 Å². The third-order valence-electron chi connectivity index (χ3n) is 1.27. The van der Waals surface area contributed by atoms with E-state index in [1.54, 1.807) is 11.8 Å². The highest BCUT2D eigenvalue weighted by molar-refractivity contribution is 8.01. The van der Waals surface area contributed by atoms with Gasteiger partial charge in [0.2, 0.25) is 0 Å². The van der Waals surface area contributed by atoms with Gasteiger partial charge in [0.1, 0.15) is 0 Å². The summed E-state index contributed by atoms with van der Waals surface area (Å²) in [7, 11) is 0. The highest BCUT2D eigenvalue weighted by Gasteiger charge is 1.72. The number of rotatable bonds is 2. The van der Waals surface area contributed by atoms with Crippen LogP contribution in [0.1, 0.15) is 13.3 Å². The summed E-state index contributed by atoms with van der Waals surface area (Å²) in [5.41, 5.74) is 6.18. The van der Waals surface area contributed by atoms with Crippen molar-refractivity contribution < 1.29 is 0 Å². The molecule has 0 unspecified atom stereocenters. The van der Waals surface area contributed by atoms with Crippen LogP contribution in [0.4, 0.5) is 5.69 Å². The topological polar surface area (TPSA) is 26.0 Å². The summed E-state index contributed by atoms with van der Waals surface area (Å²) in [6, 6.07) is 9.49. The molecule has 2 N–H and O–H groups in total. The molecule has 0 bridgehead atoms. The number of allylic oxidation sites excluding steroid dienone is 1. The Labute approximate surface area is 85.0 Å². The van der Waals surface area contributed by atoms with Crippen molar-refractivity contribution in [1.29, 1.82) is 0 Å². The number of nitrogen functional groups attached to an aromatic ring is 1. The predicted octanol–water partition coefficient (Wildman–Crippen LogP) is 3.54. The van der Waals surface area contributed by atoms with Crippen LogP contribution in [0.15, 0.2) is 41.8 Å². The van der Waals surface area contributed by atoms with Gasteiger partial charge in [0, 0.05) is 5.69 Å². The van der Waals surface area contributed by atoms with E-state index in [1.165, 1.54) is 0 Å². The Morgan fingerprint density at radius 3 is 2.15 bits per heavy atom. The first-order valence-electron chi connectivity index (χ1n) is 4.29. The SMILES string of the molecule is CC/C=C/SC.Nc1ccccc1. The first kappa shape index (κ1) is 12.1. The van der Waals surface area contributed by atoms with Gasteiger partial charge in [-0.2, -0.15) is 0 Å². The van der Waals surface area contributed by atoms with Gasteiger partial charge in [0.15, 0.2) is 0 Å². The van der Waals surface area contributed by atoms with Crippen molar-refractivity contribution in [2.75, 3.05) is 12.0 Å². The molecule has 1 aromatic rings. The lowest BCUT2D eigenvalue weighted by Crippen LogP contribution is -1.79. The number of para-hydroxylation sites is 1. The highest BCUT2D eigenvalue weighted by Crippen LogP contribution is 1.96. The zero-order valence-electron chi connectivity index (χ0n) is 8.23. The molecule has 1 rings (SSSR count). The summed E-state index contributed by atoms with van der Waals surface area (Å²) in [6.45, 7) is 2.13. The molecule has 2 heteroatoms. The highest BCUT2D eigenvalue weighted by atomic mass is 32.2. The van der Waals surface area contributed by atoms with Gasteiger partial charge < -0.3 is 5.73 Å². The van der Waals surface area contributed by atoms with Crippen LogP contribution in [0.2, 0.25) is 0 Å². The van der Waals surface area contributed by atoms with Gasteiger partial charge in [-0.1, -0.05) is 31.2 Å². The molecule has 0 heterocycles. The Balaban J connectivity index is 0.000000226. The maximum atomic E-state index is 5.36. The third-order valence-corrected chi connectivity index (χ3v) is 1.73. The van der Waals surface area contributed by atoms with Crippen LogP contribution < -0.4 is 5.73 Å². The van der Waals surface area contributed by atoms with Crippen molar-refractivity contribution >= 4 is 17.4 Å². The van der Waals surface area contributed by atoms with E-state index in [1.807, 2.05) is 30.3 Å². The van der Waals surface area contributed by atoms with Crippen LogP contribution in [-0.4, -0.2) is 6.26 Å². The molecule has 0 aliphatic rings. The second-order valence-corrected chi connectivity index (χ2v) is 3.17. The van der Waals surface area contributed by atoms with Gasteiger partial charge in [0.05, 0.1) is 0 Å². The summed E-state index contributed by atoms with van der Waals surface area (Å²) in [5, 5.41) is 2.10. The quantitative estimate of drug-likeness (QED) is 0.730. The third kappa shape index (κ3) is 9.02. The molecule has 0 amide bonds. The molecule has 1 nitrogen and oxygen atoms in total. The van der Waals surface area contributed by atoms with E-state index in [0.717, 1.165) is 12.1 Å². The maximum absolute atomic E-state index is 5.36. The Morgan fingerprint density at radius 1 is 1.31 bits per heavy atom. The molecule has 72 valence electrons. The minimum Gasteiger partial charge on any atom is -0.399 e. The Kier molecular flexibility index (Phi) is 8.57. The second kappa shape index (κ2) is 9.20. The smallest absolute Gasteiger partial charge is 0.0313 e. The maximum Gasteiger partial charge on any atom is 0.0313 e. The van der Waals surface area contributed by atoms with Crippen LogP contribution in [0, 0.1) is 0 Å². The molecule has 0 saturated carbocycles. The van der Waals surface area contributed by atoms with Crippen molar-refractivity contribution in [3.63, 3.8) is 0 Å². The molecule has 0 fully saturated rings. The zero-order valence-corrected chi connectivity index (χ0v) is 9.05. The Hall–Kier alpha value is -0.890.